The van der Waals surface area contributed by atoms with E-state index in [0.29, 0.717) is 0 Å². The molecular weight excluding hydrogens is 513 g/mol. The number of aliphatic hydroxyl groups excluding tert-OH is 2. The molecule has 12 heteroatoms. The van der Waals surface area contributed by atoms with Crippen LogP contribution in [0, 0.1) is 17.7 Å². The highest BCUT2D eigenvalue weighted by Crippen LogP contribution is 2.53. The highest BCUT2D eigenvalue weighted by atomic mass is 19.1. The number of amides is 2. The summed E-state index contributed by atoms with van der Waals surface area (Å²) < 4.78 is 15.3. The second-order valence-electron chi connectivity index (χ2n) is 10.8. The molecule has 0 radical (unpaired) electrons. The molecule has 1 aliphatic heterocycles. The predicted octanol–water partition coefficient (Wildman–Crippen LogP) is 1.38. The van der Waals surface area contributed by atoms with Crippen LogP contribution in [0.4, 0.5) is 10.1 Å². The first-order chi connectivity index (χ1) is 18.4. The van der Waals surface area contributed by atoms with E-state index >= 15 is 4.39 Å². The fraction of sp³-hybridized carbons (Fsp3) is 0.481. The number of halogens is 1. The number of hydrogen-bond acceptors (Lipinski definition) is 9. The Bertz CT molecular complexity index is 1360. The number of phenols is 1. The first-order valence-corrected chi connectivity index (χ1v) is 13.0. The molecule has 1 aromatic carbocycles. The Morgan fingerprint density at radius 1 is 1.10 bits per heavy atom. The van der Waals surface area contributed by atoms with Gasteiger partial charge in [0.1, 0.15) is 22.9 Å². The Morgan fingerprint density at radius 2 is 1.77 bits per heavy atom. The standard InChI is InChI=1S/C27H30FN3O8/c28-15-10-16(30-18(33)11-31-5-3-1-2-4-6-31)22(34)20-14(15)8-12-7-13-9-17(32)21(26(29)38)25(37)27(13,39)24(36)19(12)23(20)35/h10,12-13,34-35,37,39H,1-9,11H2,(H2,29,38)(H,30,33)/t12?,13-,27-/m0/s1. The summed E-state index contributed by atoms with van der Waals surface area (Å²) in [6.45, 7) is 1.51. The summed E-state index contributed by atoms with van der Waals surface area (Å²) in [5, 5.41) is 46.5. The first-order valence-electron chi connectivity index (χ1n) is 13.0. The zero-order valence-corrected chi connectivity index (χ0v) is 21.1. The van der Waals surface area contributed by atoms with E-state index in [4.69, 9.17) is 5.73 Å². The first kappa shape index (κ1) is 26.8. The lowest BCUT2D eigenvalue weighted by molar-refractivity contribution is -0.147. The number of primary amides is 1. The number of ketones is 2. The summed E-state index contributed by atoms with van der Waals surface area (Å²) in [6.07, 6.45) is 3.34. The molecule has 2 amide bonds. The van der Waals surface area contributed by atoms with Crippen molar-refractivity contribution in [2.45, 2.75) is 50.5 Å². The highest BCUT2D eigenvalue weighted by molar-refractivity contribution is 6.22. The summed E-state index contributed by atoms with van der Waals surface area (Å²) in [5.41, 5.74) is 0.409. The van der Waals surface area contributed by atoms with Crippen molar-refractivity contribution in [2.75, 3.05) is 25.0 Å². The van der Waals surface area contributed by atoms with E-state index < -0.39 is 81.5 Å². The van der Waals surface area contributed by atoms with Gasteiger partial charge in [-0.15, -0.1) is 0 Å². The smallest absolute Gasteiger partial charge is 0.255 e. The Balaban J connectivity index is 1.51. The molecule has 208 valence electrons. The third kappa shape index (κ3) is 4.27. The Kier molecular flexibility index (Phi) is 6.71. The molecule has 3 aliphatic carbocycles. The molecule has 0 spiro atoms. The van der Waals surface area contributed by atoms with E-state index in [0.717, 1.165) is 44.8 Å². The molecule has 1 unspecified atom stereocenters. The van der Waals surface area contributed by atoms with Gasteiger partial charge in [-0.1, -0.05) is 12.8 Å². The number of fused-ring (bicyclic) bond motifs is 3. The van der Waals surface area contributed by atoms with Crippen LogP contribution in [0.15, 0.2) is 23.0 Å². The fourth-order valence-corrected chi connectivity index (χ4v) is 6.43. The zero-order valence-electron chi connectivity index (χ0n) is 21.1. The number of rotatable bonds is 4. The molecule has 39 heavy (non-hydrogen) atoms. The van der Waals surface area contributed by atoms with Crippen molar-refractivity contribution in [3.63, 3.8) is 0 Å². The number of carbonyl (C=O) groups is 4. The van der Waals surface area contributed by atoms with Crippen LogP contribution in [-0.4, -0.2) is 73.9 Å². The summed E-state index contributed by atoms with van der Waals surface area (Å²) in [5.74, 6) is -9.28. The van der Waals surface area contributed by atoms with Crippen molar-refractivity contribution in [2.24, 2.45) is 17.6 Å². The zero-order chi connectivity index (χ0) is 28.2. The normalized spacial score (nSPS) is 27.4. The van der Waals surface area contributed by atoms with Gasteiger partial charge in [0, 0.05) is 29.5 Å². The quantitative estimate of drug-likeness (QED) is 0.241. The summed E-state index contributed by atoms with van der Waals surface area (Å²) in [6, 6.07) is 0.950. The molecule has 11 nitrogen and oxygen atoms in total. The van der Waals surface area contributed by atoms with Gasteiger partial charge in [0.2, 0.25) is 11.7 Å². The van der Waals surface area contributed by atoms with Crippen LogP contribution < -0.4 is 11.1 Å². The van der Waals surface area contributed by atoms with Crippen molar-refractivity contribution < 1.29 is 44.0 Å². The molecule has 3 atom stereocenters. The average Bonchev–Trinajstić information content (AvgIpc) is 3.12. The lowest BCUT2D eigenvalue weighted by Crippen LogP contribution is -2.58. The van der Waals surface area contributed by atoms with E-state index in [1.165, 1.54) is 0 Å². The summed E-state index contributed by atoms with van der Waals surface area (Å²) >= 11 is 0. The van der Waals surface area contributed by atoms with Crippen molar-refractivity contribution in [1.82, 2.24) is 4.90 Å². The largest absolute Gasteiger partial charge is 0.508 e. The number of phenolic OH excluding ortho intramolecular Hbond substituents is 1. The number of likely N-dealkylation sites (tertiary alicyclic amines) is 1. The number of nitrogens with two attached hydrogens (primary N) is 1. The van der Waals surface area contributed by atoms with Crippen LogP contribution in [0.25, 0.3) is 5.76 Å². The maximum absolute atomic E-state index is 15.3. The van der Waals surface area contributed by atoms with Crippen molar-refractivity contribution >= 4 is 34.8 Å². The minimum atomic E-state index is -2.71. The monoisotopic (exact) mass is 543 g/mol. The van der Waals surface area contributed by atoms with E-state index in [2.05, 4.69) is 5.32 Å². The maximum Gasteiger partial charge on any atom is 0.255 e. The lowest BCUT2D eigenvalue weighted by Gasteiger charge is -2.46. The Hall–Kier alpha value is -3.77. The number of benzene rings is 1. The molecule has 4 aliphatic rings. The minimum Gasteiger partial charge on any atom is -0.508 e. The van der Waals surface area contributed by atoms with E-state index in [1.807, 2.05) is 4.90 Å². The van der Waals surface area contributed by atoms with Gasteiger partial charge in [-0.25, -0.2) is 4.39 Å². The molecule has 7 N–H and O–H groups in total. The second-order valence-corrected chi connectivity index (χ2v) is 10.8. The van der Waals surface area contributed by atoms with Gasteiger partial charge in [-0.2, -0.15) is 0 Å². The van der Waals surface area contributed by atoms with Gasteiger partial charge >= 0.3 is 0 Å². The van der Waals surface area contributed by atoms with Crippen molar-refractivity contribution in [1.29, 1.82) is 0 Å². The van der Waals surface area contributed by atoms with Gasteiger partial charge in [-0.3, -0.25) is 24.1 Å². The maximum atomic E-state index is 15.3. The van der Waals surface area contributed by atoms with Crippen LogP contribution in [0.5, 0.6) is 5.75 Å². The molecule has 2 fully saturated rings. The predicted molar refractivity (Wildman–Crippen MR) is 135 cm³/mol. The number of anilines is 1. The number of nitrogens with zero attached hydrogens (tertiary/aromatic N) is 1. The lowest BCUT2D eigenvalue weighted by atomic mass is 9.59. The van der Waals surface area contributed by atoms with Crippen LogP contribution in [0.2, 0.25) is 0 Å². The highest BCUT2D eigenvalue weighted by Gasteiger charge is 2.60. The minimum absolute atomic E-state index is 0.0344. The number of hydrogen-bond donors (Lipinski definition) is 6. The van der Waals surface area contributed by atoms with Gasteiger partial charge in [-0.05, 0) is 44.7 Å². The number of aromatic hydroxyl groups is 1. The molecule has 5 rings (SSSR count). The third-order valence-corrected chi connectivity index (χ3v) is 8.35. The molecule has 1 saturated carbocycles. The molecular formula is C27H30FN3O8. The van der Waals surface area contributed by atoms with E-state index in [9.17, 15) is 39.6 Å². The molecule has 1 saturated heterocycles. The summed E-state index contributed by atoms with van der Waals surface area (Å²) in [4.78, 5) is 52.4. The number of Topliss-reactive ketones (excluding diaryl/α,β-unsaturated/α-hetero) is 2. The molecule has 0 bridgehead atoms. The average molecular weight is 544 g/mol. The van der Waals surface area contributed by atoms with Gasteiger partial charge < -0.3 is 31.5 Å². The van der Waals surface area contributed by atoms with Crippen LogP contribution >= 0.6 is 0 Å². The fourth-order valence-electron chi connectivity index (χ4n) is 6.43. The summed E-state index contributed by atoms with van der Waals surface area (Å²) in [7, 11) is 0. The topological polar surface area (TPSA) is 190 Å². The van der Waals surface area contributed by atoms with E-state index in [1.54, 1.807) is 0 Å². The van der Waals surface area contributed by atoms with Crippen molar-refractivity contribution in [3.05, 3.63) is 39.9 Å². The Labute approximate surface area is 222 Å². The Morgan fingerprint density at radius 3 is 2.41 bits per heavy atom. The van der Waals surface area contributed by atoms with Crippen LogP contribution in [-0.2, 0) is 25.6 Å². The molecule has 0 aromatic heterocycles. The van der Waals surface area contributed by atoms with Crippen LogP contribution in [0.1, 0.15) is 49.7 Å². The second kappa shape index (κ2) is 9.76. The third-order valence-electron chi connectivity index (χ3n) is 8.35. The van der Waals surface area contributed by atoms with Gasteiger partial charge in [0.05, 0.1) is 17.8 Å². The SMILES string of the molecule is NC(=O)C1=C(O)[C@@]2(O)C(=O)C3=C(O)c4c(O)c(NC(=O)CN5CCCCCC5)cc(F)c4CC3C[C@H]2CC1=O. The van der Waals surface area contributed by atoms with Crippen molar-refractivity contribution in [3.8, 4) is 5.75 Å². The molecule has 1 heterocycles. The number of carbonyl (C=O) groups excluding carboxylic acids is 4. The number of aliphatic hydroxyl groups is 3. The van der Waals surface area contributed by atoms with Crippen LogP contribution in [0.3, 0.4) is 0 Å². The number of nitrogens with one attached hydrogen (secondary N) is 1. The van der Waals surface area contributed by atoms with E-state index in [-0.39, 0.29) is 36.2 Å². The molecule has 1 aromatic rings. The van der Waals surface area contributed by atoms with Gasteiger partial charge in [0.15, 0.2) is 17.1 Å². The van der Waals surface area contributed by atoms with Gasteiger partial charge in [0.25, 0.3) is 5.91 Å².